The Balaban J connectivity index is 2.11. The number of allylic oxidation sites excluding steroid dienone is 2. The lowest BCUT2D eigenvalue weighted by atomic mass is 9.82. The fourth-order valence-corrected chi connectivity index (χ4v) is 2.67. The first-order chi connectivity index (χ1) is 10.8. The van der Waals surface area contributed by atoms with E-state index in [2.05, 4.69) is 0 Å². The van der Waals surface area contributed by atoms with Crippen LogP contribution >= 0.6 is 0 Å². The lowest BCUT2D eigenvalue weighted by Gasteiger charge is -2.19. The van der Waals surface area contributed by atoms with E-state index in [1.54, 1.807) is 24.3 Å². The third kappa shape index (κ3) is 2.48. The number of Topliss-reactive ketones (excluding diaryl/α,β-unsaturated/α-hetero) is 2. The molecule has 0 fully saturated rings. The van der Waals surface area contributed by atoms with E-state index in [-0.39, 0.29) is 28.3 Å². The number of hydrogen-bond acceptors (Lipinski definition) is 2. The van der Waals surface area contributed by atoms with Crippen LogP contribution in [0.1, 0.15) is 38.8 Å². The smallest absolute Gasteiger partial charge is 0.289 e. The van der Waals surface area contributed by atoms with E-state index in [1.165, 1.54) is 19.1 Å². The molecule has 1 aliphatic rings. The Kier molecular flexibility index (Phi) is 3.43. The highest BCUT2D eigenvalue weighted by molar-refractivity contribution is 6.40. The molecule has 0 radical (unpaired) electrons. The summed E-state index contributed by atoms with van der Waals surface area (Å²) in [6.07, 6.45) is -4.44. The molecule has 1 aliphatic carbocycles. The zero-order chi connectivity index (χ0) is 16.8. The fourth-order valence-electron chi connectivity index (χ4n) is 2.67. The summed E-state index contributed by atoms with van der Waals surface area (Å²) < 4.78 is 37.9. The molecule has 0 spiro atoms. The van der Waals surface area contributed by atoms with Gasteiger partial charge in [-0.1, -0.05) is 36.4 Å². The van der Waals surface area contributed by atoms with Gasteiger partial charge in [-0.15, -0.1) is 0 Å². The normalized spacial score (nSPS) is 15.0. The second kappa shape index (κ2) is 5.19. The molecule has 0 atom stereocenters. The van der Waals surface area contributed by atoms with Gasteiger partial charge in [-0.3, -0.25) is 9.59 Å². The number of ketones is 2. The van der Waals surface area contributed by atoms with E-state index in [0.29, 0.717) is 11.1 Å². The zero-order valence-corrected chi connectivity index (χ0v) is 12.1. The van der Waals surface area contributed by atoms with Gasteiger partial charge in [0.1, 0.15) is 0 Å². The predicted molar refractivity (Wildman–Crippen MR) is 79.1 cm³/mol. The van der Waals surface area contributed by atoms with Crippen molar-refractivity contribution in [1.82, 2.24) is 0 Å². The molecule has 3 rings (SSSR count). The van der Waals surface area contributed by atoms with Crippen LogP contribution in [0.15, 0.2) is 54.1 Å². The monoisotopic (exact) mass is 316 g/mol. The average molecular weight is 316 g/mol. The molecule has 2 aromatic carbocycles. The lowest BCUT2D eigenvalue weighted by molar-refractivity contribution is -0.137. The van der Waals surface area contributed by atoms with Crippen molar-refractivity contribution < 1.29 is 22.8 Å². The molecule has 0 N–H and O–H groups in total. The Bertz CT molecular complexity index is 843. The first kappa shape index (κ1) is 15.2. The highest BCUT2D eigenvalue weighted by Crippen LogP contribution is 2.34. The summed E-state index contributed by atoms with van der Waals surface area (Å²) in [7, 11) is 0. The quantitative estimate of drug-likeness (QED) is 0.773. The highest BCUT2D eigenvalue weighted by Gasteiger charge is 2.32. The van der Waals surface area contributed by atoms with Gasteiger partial charge in [0.05, 0.1) is 5.56 Å². The molecule has 2 aromatic rings. The number of hydrogen-bond donors (Lipinski definition) is 0. The number of fused-ring (bicyclic) bond motifs is 1. The molecule has 5 heteroatoms. The molecule has 0 heterocycles. The van der Waals surface area contributed by atoms with Crippen LogP contribution in [0.2, 0.25) is 0 Å². The molecule has 0 saturated carbocycles. The van der Waals surface area contributed by atoms with Crippen molar-refractivity contribution in [2.24, 2.45) is 0 Å². The molecule has 116 valence electrons. The van der Waals surface area contributed by atoms with E-state index in [9.17, 15) is 22.8 Å². The maximum atomic E-state index is 12.6. The number of carbonyl (C=O) groups is 2. The van der Waals surface area contributed by atoms with Gasteiger partial charge in [-0.25, -0.2) is 0 Å². The molecule has 0 unspecified atom stereocenters. The summed E-state index contributed by atoms with van der Waals surface area (Å²) in [5, 5.41) is 0. The van der Waals surface area contributed by atoms with Crippen molar-refractivity contribution in [3.63, 3.8) is 0 Å². The average Bonchev–Trinajstić information content (AvgIpc) is 2.53. The standard InChI is InChI=1S/C18H11F3O2/c1-10-15(11-6-8-12(9-7-11)18(19,20)21)17(23)14-5-3-2-4-13(14)16(10)22/h2-9H,1H3. The van der Waals surface area contributed by atoms with Crippen LogP contribution in [0.3, 0.4) is 0 Å². The first-order valence-corrected chi connectivity index (χ1v) is 6.87. The van der Waals surface area contributed by atoms with Crippen LogP contribution in [0.5, 0.6) is 0 Å². The second-order valence-electron chi connectivity index (χ2n) is 5.28. The number of halogens is 3. The van der Waals surface area contributed by atoms with Crippen molar-refractivity contribution in [1.29, 1.82) is 0 Å². The van der Waals surface area contributed by atoms with Gasteiger partial charge in [-0.05, 0) is 24.6 Å². The van der Waals surface area contributed by atoms with E-state index in [0.717, 1.165) is 12.1 Å². The van der Waals surface area contributed by atoms with Gasteiger partial charge in [0.15, 0.2) is 11.6 Å². The third-order valence-corrected chi connectivity index (χ3v) is 3.86. The van der Waals surface area contributed by atoms with Gasteiger partial charge < -0.3 is 0 Å². The number of carbonyl (C=O) groups excluding carboxylic acids is 2. The summed E-state index contributed by atoms with van der Waals surface area (Å²) in [5.41, 5.74) is 0.511. The summed E-state index contributed by atoms with van der Waals surface area (Å²) in [6, 6.07) is 10.7. The maximum absolute atomic E-state index is 12.6. The van der Waals surface area contributed by atoms with Crippen LogP contribution in [0.25, 0.3) is 5.57 Å². The molecule has 0 aliphatic heterocycles. The lowest BCUT2D eigenvalue weighted by Crippen LogP contribution is -2.20. The third-order valence-electron chi connectivity index (χ3n) is 3.86. The molecule has 0 amide bonds. The first-order valence-electron chi connectivity index (χ1n) is 6.87. The number of alkyl halides is 3. The van der Waals surface area contributed by atoms with Crippen LogP contribution in [0, 0.1) is 0 Å². The van der Waals surface area contributed by atoms with Crippen LogP contribution in [-0.4, -0.2) is 11.6 Å². The van der Waals surface area contributed by atoms with Gasteiger partial charge in [0, 0.05) is 22.3 Å². The fraction of sp³-hybridized carbons (Fsp3) is 0.111. The predicted octanol–water partition coefficient (Wildman–Crippen LogP) is 4.56. The molecule has 2 nitrogen and oxygen atoms in total. The largest absolute Gasteiger partial charge is 0.416 e. The zero-order valence-electron chi connectivity index (χ0n) is 12.1. The topological polar surface area (TPSA) is 34.1 Å². The van der Waals surface area contributed by atoms with Crippen molar-refractivity contribution in [3.8, 4) is 0 Å². The van der Waals surface area contributed by atoms with Crippen LogP contribution in [-0.2, 0) is 6.18 Å². The van der Waals surface area contributed by atoms with Crippen molar-refractivity contribution in [2.75, 3.05) is 0 Å². The molecular formula is C18H11F3O2. The number of benzene rings is 2. The number of rotatable bonds is 1. The Morgan fingerprint density at radius 3 is 1.83 bits per heavy atom. The van der Waals surface area contributed by atoms with Crippen molar-refractivity contribution in [2.45, 2.75) is 13.1 Å². The van der Waals surface area contributed by atoms with E-state index >= 15 is 0 Å². The van der Waals surface area contributed by atoms with E-state index < -0.39 is 11.7 Å². The van der Waals surface area contributed by atoms with Crippen LogP contribution < -0.4 is 0 Å². The molecular weight excluding hydrogens is 305 g/mol. The molecule has 23 heavy (non-hydrogen) atoms. The Morgan fingerprint density at radius 1 is 0.783 bits per heavy atom. The van der Waals surface area contributed by atoms with Gasteiger partial charge in [0.2, 0.25) is 0 Å². The molecule has 0 saturated heterocycles. The minimum absolute atomic E-state index is 0.155. The van der Waals surface area contributed by atoms with E-state index in [1.807, 2.05) is 0 Å². The Hall–Kier alpha value is -2.69. The van der Waals surface area contributed by atoms with Gasteiger partial charge in [0.25, 0.3) is 0 Å². The minimum Gasteiger partial charge on any atom is -0.289 e. The summed E-state index contributed by atoms with van der Waals surface area (Å²) in [5.74, 6) is -0.632. The van der Waals surface area contributed by atoms with Crippen molar-refractivity contribution in [3.05, 3.63) is 76.4 Å². The molecule has 0 bridgehead atoms. The Morgan fingerprint density at radius 2 is 1.30 bits per heavy atom. The molecule has 0 aromatic heterocycles. The van der Waals surface area contributed by atoms with Gasteiger partial charge >= 0.3 is 6.18 Å². The van der Waals surface area contributed by atoms with Gasteiger partial charge in [-0.2, -0.15) is 13.2 Å². The maximum Gasteiger partial charge on any atom is 0.416 e. The van der Waals surface area contributed by atoms with Crippen molar-refractivity contribution >= 4 is 17.1 Å². The second-order valence-corrected chi connectivity index (χ2v) is 5.28. The SMILES string of the molecule is CC1=C(c2ccc(C(F)(F)F)cc2)C(=O)c2ccccc2C1=O. The Labute approximate surface area is 130 Å². The summed E-state index contributed by atoms with van der Waals surface area (Å²) in [4.78, 5) is 25.0. The van der Waals surface area contributed by atoms with E-state index in [4.69, 9.17) is 0 Å². The minimum atomic E-state index is -4.44. The highest BCUT2D eigenvalue weighted by atomic mass is 19.4. The summed E-state index contributed by atoms with van der Waals surface area (Å²) >= 11 is 0. The summed E-state index contributed by atoms with van der Waals surface area (Å²) in [6.45, 7) is 1.52. The van der Waals surface area contributed by atoms with Crippen LogP contribution in [0.4, 0.5) is 13.2 Å².